The molecule has 1 saturated heterocycles. The molecule has 2 aromatic carbocycles. The first-order valence-corrected chi connectivity index (χ1v) is 11.4. The number of carbonyl (C=O) groups excluding carboxylic acids is 2. The number of nitrogens with zero attached hydrogens (tertiary/aromatic N) is 2. The molecule has 0 radical (unpaired) electrons. The number of hydrogen-bond acceptors (Lipinski definition) is 6. The van der Waals surface area contributed by atoms with Gasteiger partial charge in [-0.2, -0.15) is 0 Å². The molecule has 1 aliphatic heterocycles. The number of nitrogens with one attached hydrogen (secondary N) is 2. The summed E-state index contributed by atoms with van der Waals surface area (Å²) in [6.45, 7) is 3.88. The molecule has 34 heavy (non-hydrogen) atoms. The van der Waals surface area contributed by atoms with Crippen molar-refractivity contribution < 1.29 is 19.5 Å². The highest BCUT2D eigenvalue weighted by atomic mass is 16.5. The number of aromatic nitrogens is 1. The summed E-state index contributed by atoms with van der Waals surface area (Å²) in [5, 5.41) is 13.0. The monoisotopic (exact) mass is 462 g/mol. The van der Waals surface area contributed by atoms with Gasteiger partial charge in [-0.05, 0) is 63.3 Å². The molecule has 8 heteroatoms. The Morgan fingerprint density at radius 3 is 2.71 bits per heavy atom. The van der Waals surface area contributed by atoms with E-state index in [0.29, 0.717) is 24.5 Å². The summed E-state index contributed by atoms with van der Waals surface area (Å²) in [5.74, 6) is -0.0348. The van der Waals surface area contributed by atoms with Crippen LogP contribution in [0.4, 0.5) is 0 Å². The number of carbonyl (C=O) groups is 2. The smallest absolute Gasteiger partial charge is 0.251 e. The van der Waals surface area contributed by atoms with Crippen molar-refractivity contribution in [2.24, 2.45) is 5.92 Å². The van der Waals surface area contributed by atoms with Crippen LogP contribution in [0.5, 0.6) is 5.75 Å². The third-order valence-electron chi connectivity index (χ3n) is 6.27. The van der Waals surface area contributed by atoms with E-state index in [-0.39, 0.29) is 24.3 Å². The highest BCUT2D eigenvalue weighted by molar-refractivity contribution is 5.94. The molecule has 2 heterocycles. The van der Waals surface area contributed by atoms with Crippen LogP contribution in [-0.2, 0) is 11.4 Å². The maximum absolute atomic E-state index is 12.8. The van der Waals surface area contributed by atoms with Crippen molar-refractivity contribution in [3.8, 4) is 5.75 Å². The van der Waals surface area contributed by atoms with Crippen molar-refractivity contribution in [2.75, 3.05) is 20.1 Å². The van der Waals surface area contributed by atoms with E-state index in [1.807, 2.05) is 44.3 Å². The SMILES string of the molecule is Cc1cc(COc2ccc(C(=O)N[C@@H]3CCN(C)C[C@@H]3CC(=O)NO)cc2)c2ccccc2n1. The van der Waals surface area contributed by atoms with Gasteiger partial charge in [0.25, 0.3) is 5.91 Å². The van der Waals surface area contributed by atoms with Gasteiger partial charge >= 0.3 is 0 Å². The molecule has 0 aliphatic carbocycles. The number of ether oxygens (including phenoxy) is 1. The number of hydroxylamine groups is 1. The van der Waals surface area contributed by atoms with E-state index in [2.05, 4.69) is 15.2 Å². The van der Waals surface area contributed by atoms with Gasteiger partial charge in [0.1, 0.15) is 12.4 Å². The van der Waals surface area contributed by atoms with Gasteiger partial charge in [0.05, 0.1) is 5.52 Å². The van der Waals surface area contributed by atoms with Gasteiger partial charge < -0.3 is 15.0 Å². The minimum Gasteiger partial charge on any atom is -0.489 e. The van der Waals surface area contributed by atoms with Crippen LogP contribution in [0.15, 0.2) is 54.6 Å². The standard InChI is InChI=1S/C26H30N4O4/c1-17-13-20(22-5-3-4-6-24(22)27-17)16-34-21-9-7-18(8-10-21)26(32)28-23-11-12-30(2)15-19(23)14-25(31)29-33/h3-10,13,19,23,33H,11-12,14-16H2,1-2H3,(H,28,32)(H,29,31)/t19-,23+/m0/s1. The normalized spacial score (nSPS) is 18.4. The molecule has 3 N–H and O–H groups in total. The Balaban J connectivity index is 1.38. The zero-order valence-corrected chi connectivity index (χ0v) is 19.5. The summed E-state index contributed by atoms with van der Waals surface area (Å²) >= 11 is 0. The number of pyridine rings is 1. The molecule has 4 rings (SSSR count). The predicted molar refractivity (Wildman–Crippen MR) is 129 cm³/mol. The predicted octanol–water partition coefficient (Wildman–Crippen LogP) is 3.07. The molecule has 0 saturated carbocycles. The zero-order chi connectivity index (χ0) is 24.1. The van der Waals surface area contributed by atoms with E-state index >= 15 is 0 Å². The average Bonchev–Trinajstić information content (AvgIpc) is 2.84. The fraction of sp³-hybridized carbons (Fsp3) is 0.346. The van der Waals surface area contributed by atoms with Crippen LogP contribution in [0.2, 0.25) is 0 Å². The number of aryl methyl sites for hydroxylation is 1. The molecule has 0 bridgehead atoms. The van der Waals surface area contributed by atoms with Crippen molar-refractivity contribution in [1.29, 1.82) is 0 Å². The largest absolute Gasteiger partial charge is 0.489 e. The second-order valence-corrected chi connectivity index (χ2v) is 8.88. The Labute approximate surface area is 198 Å². The lowest BCUT2D eigenvalue weighted by Gasteiger charge is -2.36. The molecule has 1 aliphatic rings. The van der Waals surface area contributed by atoms with E-state index in [4.69, 9.17) is 9.94 Å². The summed E-state index contributed by atoms with van der Waals surface area (Å²) in [4.78, 5) is 31.2. The fourth-order valence-corrected chi connectivity index (χ4v) is 4.52. The van der Waals surface area contributed by atoms with Crippen molar-refractivity contribution in [3.05, 3.63) is 71.4 Å². The van der Waals surface area contributed by atoms with Gasteiger partial charge in [0.2, 0.25) is 5.91 Å². The number of likely N-dealkylation sites (tertiary alicyclic amines) is 1. The van der Waals surface area contributed by atoms with E-state index in [0.717, 1.165) is 35.1 Å². The minimum atomic E-state index is -0.446. The number of para-hydroxylation sites is 1. The second kappa shape index (κ2) is 10.6. The van der Waals surface area contributed by atoms with Crippen molar-refractivity contribution in [1.82, 2.24) is 20.7 Å². The molecule has 0 spiro atoms. The summed E-state index contributed by atoms with van der Waals surface area (Å²) in [6, 6.07) is 16.9. The lowest BCUT2D eigenvalue weighted by Crippen LogP contribution is -2.51. The minimum absolute atomic E-state index is 0.0731. The van der Waals surface area contributed by atoms with Crippen LogP contribution in [0.1, 0.15) is 34.5 Å². The molecule has 178 valence electrons. The van der Waals surface area contributed by atoms with Crippen molar-refractivity contribution in [2.45, 2.75) is 32.4 Å². The molecule has 3 aromatic rings. The molecule has 1 fully saturated rings. The number of amides is 2. The van der Waals surface area contributed by atoms with Gasteiger partial charge in [0, 0.05) is 47.1 Å². The third-order valence-corrected chi connectivity index (χ3v) is 6.27. The quantitative estimate of drug-likeness (QED) is 0.368. The summed E-state index contributed by atoms with van der Waals surface area (Å²) in [7, 11) is 1.98. The molecular weight excluding hydrogens is 432 g/mol. The number of hydrogen-bond donors (Lipinski definition) is 3. The van der Waals surface area contributed by atoms with Crippen LogP contribution in [0.25, 0.3) is 10.9 Å². The average molecular weight is 463 g/mol. The number of benzene rings is 2. The third kappa shape index (κ3) is 5.70. The lowest BCUT2D eigenvalue weighted by molar-refractivity contribution is -0.130. The van der Waals surface area contributed by atoms with Crippen LogP contribution in [-0.4, -0.2) is 53.1 Å². The second-order valence-electron chi connectivity index (χ2n) is 8.88. The molecule has 2 amide bonds. The van der Waals surface area contributed by atoms with Gasteiger partial charge in [-0.1, -0.05) is 18.2 Å². The van der Waals surface area contributed by atoms with Gasteiger partial charge in [0.15, 0.2) is 0 Å². The van der Waals surface area contributed by atoms with E-state index < -0.39 is 5.91 Å². The first kappa shape index (κ1) is 23.7. The highest BCUT2D eigenvalue weighted by Crippen LogP contribution is 2.22. The first-order chi connectivity index (χ1) is 16.4. The number of fused-ring (bicyclic) bond motifs is 1. The molecule has 2 atom stereocenters. The molecule has 8 nitrogen and oxygen atoms in total. The highest BCUT2D eigenvalue weighted by Gasteiger charge is 2.30. The van der Waals surface area contributed by atoms with E-state index in [9.17, 15) is 9.59 Å². The summed E-state index contributed by atoms with van der Waals surface area (Å²) in [6.07, 6.45) is 0.897. The van der Waals surface area contributed by atoms with Crippen molar-refractivity contribution in [3.63, 3.8) is 0 Å². The van der Waals surface area contributed by atoms with Crippen LogP contribution < -0.4 is 15.5 Å². The zero-order valence-electron chi connectivity index (χ0n) is 19.5. The van der Waals surface area contributed by atoms with Gasteiger partial charge in [-0.3, -0.25) is 19.8 Å². The Hall–Kier alpha value is -3.49. The Kier molecular flexibility index (Phi) is 7.40. The van der Waals surface area contributed by atoms with Crippen molar-refractivity contribution >= 4 is 22.7 Å². The Morgan fingerprint density at radius 1 is 1.18 bits per heavy atom. The summed E-state index contributed by atoms with van der Waals surface area (Å²) < 4.78 is 5.99. The molecule has 0 unspecified atom stereocenters. The van der Waals surface area contributed by atoms with E-state index in [1.54, 1.807) is 29.7 Å². The topological polar surface area (TPSA) is 104 Å². The first-order valence-electron chi connectivity index (χ1n) is 11.4. The van der Waals surface area contributed by atoms with Gasteiger partial charge in [-0.15, -0.1) is 0 Å². The Bertz CT molecular complexity index is 1170. The number of piperidine rings is 1. The Morgan fingerprint density at radius 2 is 1.94 bits per heavy atom. The number of rotatable bonds is 7. The summed E-state index contributed by atoms with van der Waals surface area (Å²) in [5.41, 5.74) is 5.16. The lowest BCUT2D eigenvalue weighted by atomic mass is 9.89. The fourth-order valence-electron chi connectivity index (χ4n) is 4.52. The van der Waals surface area contributed by atoms with Gasteiger partial charge in [-0.25, -0.2) is 5.48 Å². The maximum atomic E-state index is 12.8. The molecule has 1 aromatic heterocycles. The van der Waals surface area contributed by atoms with Crippen LogP contribution in [0.3, 0.4) is 0 Å². The molecular formula is C26H30N4O4. The van der Waals surface area contributed by atoms with E-state index in [1.165, 1.54) is 0 Å². The van der Waals surface area contributed by atoms with Crippen LogP contribution in [0, 0.1) is 12.8 Å². The maximum Gasteiger partial charge on any atom is 0.251 e. The van der Waals surface area contributed by atoms with Crippen LogP contribution >= 0.6 is 0 Å².